The van der Waals surface area contributed by atoms with Crippen LogP contribution in [-0.4, -0.2) is 39.3 Å². The van der Waals surface area contributed by atoms with Crippen molar-refractivity contribution in [2.24, 2.45) is 0 Å². The molecular formula is C18H30N2O3. The van der Waals surface area contributed by atoms with E-state index in [2.05, 4.69) is 17.6 Å². The van der Waals surface area contributed by atoms with Crippen LogP contribution >= 0.6 is 0 Å². The molecule has 1 amide bonds. The SMILES string of the molecule is CCCCCCCNC(=O)CNc1cccc(OCCOC)c1. The summed E-state index contributed by atoms with van der Waals surface area (Å²) in [4.78, 5) is 11.8. The maximum atomic E-state index is 11.8. The number of rotatable bonds is 13. The Bertz CT molecular complexity index is 438. The van der Waals surface area contributed by atoms with E-state index in [4.69, 9.17) is 9.47 Å². The highest BCUT2D eigenvalue weighted by atomic mass is 16.5. The van der Waals surface area contributed by atoms with E-state index in [0.717, 1.165) is 24.4 Å². The summed E-state index contributed by atoms with van der Waals surface area (Å²) >= 11 is 0. The molecule has 1 aromatic rings. The Morgan fingerprint density at radius 1 is 1.13 bits per heavy atom. The summed E-state index contributed by atoms with van der Waals surface area (Å²) in [5, 5.41) is 6.05. The zero-order valence-corrected chi connectivity index (χ0v) is 14.4. The molecule has 1 rings (SSSR count). The van der Waals surface area contributed by atoms with Crippen LogP contribution in [-0.2, 0) is 9.53 Å². The fourth-order valence-corrected chi connectivity index (χ4v) is 2.14. The second kappa shape index (κ2) is 12.8. The third-order valence-electron chi connectivity index (χ3n) is 3.45. The Kier molecular flexibility index (Phi) is 10.7. The fraction of sp³-hybridized carbons (Fsp3) is 0.611. The van der Waals surface area contributed by atoms with Gasteiger partial charge in [-0.05, 0) is 18.6 Å². The summed E-state index contributed by atoms with van der Waals surface area (Å²) in [7, 11) is 1.64. The molecule has 5 heteroatoms. The number of anilines is 1. The number of ether oxygens (including phenoxy) is 2. The largest absolute Gasteiger partial charge is 0.491 e. The number of hydrogen-bond donors (Lipinski definition) is 2. The van der Waals surface area contributed by atoms with E-state index in [-0.39, 0.29) is 12.5 Å². The predicted octanol–water partition coefficient (Wildman–Crippen LogP) is 3.21. The van der Waals surface area contributed by atoms with Gasteiger partial charge in [-0.3, -0.25) is 4.79 Å². The first kappa shape index (κ1) is 19.3. The van der Waals surface area contributed by atoms with Crippen LogP contribution < -0.4 is 15.4 Å². The van der Waals surface area contributed by atoms with Crippen molar-refractivity contribution < 1.29 is 14.3 Å². The number of carbonyl (C=O) groups is 1. The van der Waals surface area contributed by atoms with Crippen LogP contribution in [0.2, 0.25) is 0 Å². The summed E-state index contributed by atoms with van der Waals surface area (Å²) in [5.74, 6) is 0.787. The molecule has 130 valence electrons. The van der Waals surface area contributed by atoms with E-state index in [1.807, 2.05) is 24.3 Å². The number of carbonyl (C=O) groups excluding carboxylic acids is 1. The van der Waals surface area contributed by atoms with Crippen LogP contribution in [0.15, 0.2) is 24.3 Å². The molecule has 0 aliphatic heterocycles. The van der Waals surface area contributed by atoms with Crippen molar-refractivity contribution in [3.05, 3.63) is 24.3 Å². The molecule has 0 atom stereocenters. The van der Waals surface area contributed by atoms with E-state index in [9.17, 15) is 4.79 Å². The lowest BCUT2D eigenvalue weighted by molar-refractivity contribution is -0.119. The summed E-state index contributed by atoms with van der Waals surface area (Å²) in [6, 6.07) is 7.59. The molecule has 0 unspecified atom stereocenters. The number of hydrogen-bond acceptors (Lipinski definition) is 4. The first-order valence-electron chi connectivity index (χ1n) is 8.48. The number of amides is 1. The minimum atomic E-state index is 0.0196. The van der Waals surface area contributed by atoms with Crippen LogP contribution in [0.3, 0.4) is 0 Å². The molecule has 0 aliphatic rings. The molecule has 0 saturated carbocycles. The molecule has 1 aromatic carbocycles. The van der Waals surface area contributed by atoms with Gasteiger partial charge in [0.2, 0.25) is 5.91 Å². The van der Waals surface area contributed by atoms with Gasteiger partial charge < -0.3 is 20.1 Å². The zero-order valence-electron chi connectivity index (χ0n) is 14.4. The molecule has 0 bridgehead atoms. The second-order valence-corrected chi connectivity index (χ2v) is 5.49. The zero-order chi connectivity index (χ0) is 16.8. The van der Waals surface area contributed by atoms with Gasteiger partial charge in [-0.25, -0.2) is 0 Å². The number of unbranched alkanes of at least 4 members (excludes halogenated alkanes) is 4. The lowest BCUT2D eigenvalue weighted by atomic mass is 10.1. The molecular weight excluding hydrogens is 292 g/mol. The molecule has 23 heavy (non-hydrogen) atoms. The van der Waals surface area contributed by atoms with Crippen LogP contribution in [0, 0.1) is 0 Å². The third kappa shape index (κ3) is 9.79. The summed E-state index contributed by atoms with van der Waals surface area (Å²) in [5.41, 5.74) is 0.873. The Balaban J connectivity index is 2.18. The van der Waals surface area contributed by atoms with Gasteiger partial charge in [-0.1, -0.05) is 38.7 Å². The van der Waals surface area contributed by atoms with Gasteiger partial charge in [0, 0.05) is 25.4 Å². The number of nitrogens with one attached hydrogen (secondary N) is 2. The Morgan fingerprint density at radius 3 is 2.74 bits per heavy atom. The van der Waals surface area contributed by atoms with Gasteiger partial charge in [-0.2, -0.15) is 0 Å². The third-order valence-corrected chi connectivity index (χ3v) is 3.45. The van der Waals surface area contributed by atoms with Gasteiger partial charge in [0.15, 0.2) is 0 Å². The minimum Gasteiger partial charge on any atom is -0.491 e. The molecule has 0 aliphatic carbocycles. The van der Waals surface area contributed by atoms with Crippen LogP contribution in [0.25, 0.3) is 0 Å². The first-order chi connectivity index (χ1) is 11.3. The van der Waals surface area contributed by atoms with E-state index in [0.29, 0.717) is 13.2 Å². The molecule has 0 fully saturated rings. The molecule has 0 radical (unpaired) electrons. The normalized spacial score (nSPS) is 10.3. The highest BCUT2D eigenvalue weighted by Gasteiger charge is 2.02. The van der Waals surface area contributed by atoms with E-state index in [1.54, 1.807) is 7.11 Å². The van der Waals surface area contributed by atoms with Gasteiger partial charge in [0.05, 0.1) is 13.2 Å². The van der Waals surface area contributed by atoms with E-state index >= 15 is 0 Å². The maximum Gasteiger partial charge on any atom is 0.239 e. The smallest absolute Gasteiger partial charge is 0.239 e. The van der Waals surface area contributed by atoms with Crippen LogP contribution in [0.5, 0.6) is 5.75 Å². The molecule has 2 N–H and O–H groups in total. The second-order valence-electron chi connectivity index (χ2n) is 5.49. The van der Waals surface area contributed by atoms with Crippen molar-refractivity contribution in [1.29, 1.82) is 0 Å². The number of benzene rings is 1. The standard InChI is InChI=1S/C18H30N2O3/c1-3-4-5-6-7-11-19-18(21)15-20-16-9-8-10-17(14-16)23-13-12-22-2/h8-10,14,20H,3-7,11-13,15H2,1-2H3,(H,19,21). The molecule has 5 nitrogen and oxygen atoms in total. The summed E-state index contributed by atoms with van der Waals surface area (Å²) < 4.78 is 10.5. The average Bonchev–Trinajstić information content (AvgIpc) is 2.57. The lowest BCUT2D eigenvalue weighted by Gasteiger charge is -2.10. The van der Waals surface area contributed by atoms with Crippen molar-refractivity contribution >= 4 is 11.6 Å². The van der Waals surface area contributed by atoms with Crippen molar-refractivity contribution in [2.45, 2.75) is 39.0 Å². The average molecular weight is 322 g/mol. The van der Waals surface area contributed by atoms with Crippen molar-refractivity contribution in [3.63, 3.8) is 0 Å². The molecule has 0 spiro atoms. The highest BCUT2D eigenvalue weighted by molar-refractivity contribution is 5.80. The molecule has 0 heterocycles. The van der Waals surface area contributed by atoms with Gasteiger partial charge in [-0.15, -0.1) is 0 Å². The fourth-order valence-electron chi connectivity index (χ4n) is 2.14. The molecule has 0 aromatic heterocycles. The quantitative estimate of drug-likeness (QED) is 0.548. The summed E-state index contributed by atoms with van der Waals surface area (Å²) in [6.07, 6.45) is 6.00. The number of methoxy groups -OCH3 is 1. The van der Waals surface area contributed by atoms with Crippen molar-refractivity contribution in [2.75, 3.05) is 38.7 Å². The van der Waals surface area contributed by atoms with E-state index < -0.39 is 0 Å². The van der Waals surface area contributed by atoms with Crippen molar-refractivity contribution in [1.82, 2.24) is 5.32 Å². The van der Waals surface area contributed by atoms with Gasteiger partial charge >= 0.3 is 0 Å². The van der Waals surface area contributed by atoms with Crippen molar-refractivity contribution in [3.8, 4) is 5.75 Å². The molecule has 0 saturated heterocycles. The van der Waals surface area contributed by atoms with Crippen LogP contribution in [0.1, 0.15) is 39.0 Å². The Labute approximate surface area is 139 Å². The maximum absolute atomic E-state index is 11.8. The Morgan fingerprint density at radius 2 is 1.96 bits per heavy atom. The highest BCUT2D eigenvalue weighted by Crippen LogP contribution is 2.16. The Hall–Kier alpha value is -1.75. The lowest BCUT2D eigenvalue weighted by Crippen LogP contribution is -2.30. The first-order valence-corrected chi connectivity index (χ1v) is 8.48. The van der Waals surface area contributed by atoms with Crippen LogP contribution in [0.4, 0.5) is 5.69 Å². The van der Waals surface area contributed by atoms with Gasteiger partial charge in [0.25, 0.3) is 0 Å². The monoisotopic (exact) mass is 322 g/mol. The van der Waals surface area contributed by atoms with E-state index in [1.165, 1.54) is 25.7 Å². The topological polar surface area (TPSA) is 59.6 Å². The minimum absolute atomic E-state index is 0.0196. The summed E-state index contributed by atoms with van der Waals surface area (Å²) in [6.45, 7) is 4.29. The predicted molar refractivity (Wildman–Crippen MR) is 94.1 cm³/mol. The van der Waals surface area contributed by atoms with Gasteiger partial charge in [0.1, 0.15) is 12.4 Å².